The summed E-state index contributed by atoms with van der Waals surface area (Å²) in [4.78, 5) is 25.6. The molecular weight excluding hydrogens is 459 g/mol. The van der Waals surface area contributed by atoms with Crippen molar-refractivity contribution in [1.82, 2.24) is 25.0 Å². The summed E-state index contributed by atoms with van der Waals surface area (Å²) in [5, 5.41) is 13.9. The van der Waals surface area contributed by atoms with Gasteiger partial charge in [0.2, 0.25) is 0 Å². The van der Waals surface area contributed by atoms with Gasteiger partial charge in [0.1, 0.15) is 11.0 Å². The lowest BCUT2D eigenvalue weighted by molar-refractivity contribution is 0.0949. The zero-order valence-electron chi connectivity index (χ0n) is 18.8. The van der Waals surface area contributed by atoms with Crippen LogP contribution in [0.2, 0.25) is 5.15 Å². The number of hydrogen-bond acceptors (Lipinski definition) is 5. The van der Waals surface area contributed by atoms with Crippen molar-refractivity contribution >= 4 is 34.5 Å². The third-order valence-corrected chi connectivity index (χ3v) is 5.65. The highest BCUT2D eigenvalue weighted by Gasteiger charge is 2.18. The maximum atomic E-state index is 13.1. The van der Waals surface area contributed by atoms with Gasteiger partial charge in [-0.3, -0.25) is 9.59 Å². The number of rotatable bonds is 6. The van der Waals surface area contributed by atoms with E-state index in [0.29, 0.717) is 33.7 Å². The van der Waals surface area contributed by atoms with E-state index in [9.17, 15) is 14.0 Å². The average molecular weight is 481 g/mol. The number of hydrazone groups is 1. The van der Waals surface area contributed by atoms with Crippen molar-refractivity contribution in [2.24, 2.45) is 5.10 Å². The van der Waals surface area contributed by atoms with Gasteiger partial charge >= 0.3 is 0 Å². The van der Waals surface area contributed by atoms with Crippen molar-refractivity contribution in [3.05, 3.63) is 92.4 Å². The molecule has 1 N–H and O–H groups in total. The summed E-state index contributed by atoms with van der Waals surface area (Å²) in [6.07, 6.45) is 1.41. The molecule has 4 rings (SSSR count). The largest absolute Gasteiger partial charge is 0.292 e. The summed E-state index contributed by atoms with van der Waals surface area (Å²) in [6.45, 7) is 5.76. The molecule has 0 spiro atoms. The van der Waals surface area contributed by atoms with E-state index in [1.165, 1.54) is 23.0 Å². The van der Waals surface area contributed by atoms with Gasteiger partial charge in [0.25, 0.3) is 11.5 Å². The molecule has 0 saturated carbocycles. The van der Waals surface area contributed by atoms with Crippen molar-refractivity contribution in [2.45, 2.75) is 33.4 Å². The molecule has 34 heavy (non-hydrogen) atoms. The second kappa shape index (κ2) is 9.56. The summed E-state index contributed by atoms with van der Waals surface area (Å²) >= 11 is 6.47. The highest BCUT2D eigenvalue weighted by atomic mass is 35.5. The predicted molar refractivity (Wildman–Crippen MR) is 129 cm³/mol. The Hall–Kier alpha value is -3.85. The molecule has 0 aliphatic rings. The van der Waals surface area contributed by atoms with E-state index >= 15 is 0 Å². The second-order valence-electron chi connectivity index (χ2n) is 8.01. The van der Waals surface area contributed by atoms with E-state index in [1.54, 1.807) is 48.0 Å². The van der Waals surface area contributed by atoms with Crippen molar-refractivity contribution in [2.75, 3.05) is 0 Å². The molecule has 4 aromatic rings. The van der Waals surface area contributed by atoms with Gasteiger partial charge in [-0.2, -0.15) is 15.3 Å². The van der Waals surface area contributed by atoms with Crippen molar-refractivity contribution < 1.29 is 9.18 Å². The molecule has 2 aromatic carbocycles. The predicted octanol–water partition coefficient (Wildman–Crippen LogP) is 4.09. The fraction of sp³-hybridized carbons (Fsp3) is 0.208. The lowest BCUT2D eigenvalue weighted by atomic mass is 10.1. The topological polar surface area (TPSA) is 94.2 Å². The normalized spacial score (nSPS) is 11.6. The van der Waals surface area contributed by atoms with Crippen LogP contribution in [0.4, 0.5) is 4.39 Å². The number of amides is 1. The Kier molecular flexibility index (Phi) is 6.56. The minimum Gasteiger partial charge on any atom is -0.267 e. The van der Waals surface area contributed by atoms with E-state index in [1.807, 2.05) is 13.8 Å². The number of benzene rings is 2. The highest BCUT2D eigenvalue weighted by molar-refractivity contribution is 6.32. The van der Waals surface area contributed by atoms with E-state index in [4.69, 9.17) is 11.6 Å². The number of halogens is 2. The maximum Gasteiger partial charge on any atom is 0.292 e. The van der Waals surface area contributed by atoms with Crippen molar-refractivity contribution in [3.63, 3.8) is 0 Å². The number of carbonyl (C=O) groups excluding carboxylic acids is 1. The first-order valence-corrected chi connectivity index (χ1v) is 11.0. The summed E-state index contributed by atoms with van der Waals surface area (Å²) in [5.74, 6) is -0.879. The van der Waals surface area contributed by atoms with Gasteiger partial charge in [-0.15, -0.1) is 0 Å². The number of nitrogens with one attached hydrogen (secondary N) is 1. The Morgan fingerprint density at radius 2 is 1.82 bits per heavy atom. The highest BCUT2D eigenvalue weighted by Crippen LogP contribution is 2.20. The minimum absolute atomic E-state index is 0.0934. The average Bonchev–Trinajstić information content (AvgIpc) is 3.08. The molecule has 1 amide bonds. The van der Waals surface area contributed by atoms with Gasteiger partial charge in [0.05, 0.1) is 35.4 Å². The summed E-state index contributed by atoms with van der Waals surface area (Å²) in [5.41, 5.74) is 4.27. The van der Waals surface area contributed by atoms with E-state index in [-0.39, 0.29) is 23.1 Å². The standard InChI is InChI=1S/C24H22ClFN6O2/c1-14(2)32-24(34)19-7-5-4-6-18(19)21(30-32)23(33)28-27-12-20-15(3)29-31(22(20)25)13-16-8-10-17(26)11-9-16/h4-12,14H,13H2,1-3H3,(H,28,33)/b27-12+. The lowest BCUT2D eigenvalue weighted by Crippen LogP contribution is -2.30. The summed E-state index contributed by atoms with van der Waals surface area (Å²) in [7, 11) is 0. The Balaban J connectivity index is 1.58. The first-order valence-electron chi connectivity index (χ1n) is 10.6. The minimum atomic E-state index is -0.561. The first-order chi connectivity index (χ1) is 16.3. The van der Waals surface area contributed by atoms with Crippen LogP contribution in [0.3, 0.4) is 0 Å². The lowest BCUT2D eigenvalue weighted by Gasteiger charge is -2.12. The van der Waals surface area contributed by atoms with E-state index in [2.05, 4.69) is 20.7 Å². The van der Waals surface area contributed by atoms with Crippen LogP contribution in [0, 0.1) is 12.7 Å². The molecule has 0 bridgehead atoms. The molecule has 2 aromatic heterocycles. The van der Waals surface area contributed by atoms with Crippen molar-refractivity contribution in [1.29, 1.82) is 0 Å². The summed E-state index contributed by atoms with van der Waals surface area (Å²) < 4.78 is 16.0. The molecule has 0 atom stereocenters. The van der Waals surface area contributed by atoms with Gasteiger partial charge in [-0.25, -0.2) is 19.2 Å². The number of carbonyl (C=O) groups is 1. The molecule has 2 heterocycles. The quantitative estimate of drug-likeness (QED) is 0.332. The zero-order chi connectivity index (χ0) is 24.4. The van der Waals surface area contributed by atoms with Crippen LogP contribution in [0.15, 0.2) is 58.4 Å². The SMILES string of the molecule is Cc1nn(Cc2ccc(F)cc2)c(Cl)c1/C=N/NC(=O)c1nn(C(C)C)c(=O)c2ccccc12. The molecule has 0 aliphatic carbocycles. The number of nitrogens with zero attached hydrogens (tertiary/aromatic N) is 5. The summed E-state index contributed by atoms with van der Waals surface area (Å²) in [6, 6.07) is 12.7. The van der Waals surface area contributed by atoms with E-state index in [0.717, 1.165) is 5.56 Å². The van der Waals surface area contributed by atoms with Gasteiger partial charge in [-0.1, -0.05) is 41.9 Å². The monoisotopic (exact) mass is 480 g/mol. The zero-order valence-corrected chi connectivity index (χ0v) is 19.5. The number of aryl methyl sites for hydroxylation is 1. The third-order valence-electron chi connectivity index (χ3n) is 5.25. The molecule has 0 saturated heterocycles. The fourth-order valence-electron chi connectivity index (χ4n) is 3.51. The van der Waals surface area contributed by atoms with Gasteiger partial charge in [0, 0.05) is 5.39 Å². The van der Waals surface area contributed by atoms with Crippen LogP contribution < -0.4 is 11.0 Å². The van der Waals surface area contributed by atoms with Crippen LogP contribution in [-0.2, 0) is 6.54 Å². The molecule has 0 fully saturated rings. The fourth-order valence-corrected chi connectivity index (χ4v) is 3.80. The molecule has 0 aliphatic heterocycles. The molecular formula is C24H22ClFN6O2. The van der Waals surface area contributed by atoms with Crippen LogP contribution in [0.5, 0.6) is 0 Å². The number of hydrogen-bond donors (Lipinski definition) is 1. The van der Waals surface area contributed by atoms with Crippen LogP contribution >= 0.6 is 11.6 Å². The second-order valence-corrected chi connectivity index (χ2v) is 8.37. The van der Waals surface area contributed by atoms with Crippen molar-refractivity contribution in [3.8, 4) is 0 Å². The Morgan fingerprint density at radius 3 is 2.50 bits per heavy atom. The van der Waals surface area contributed by atoms with Gasteiger partial charge in [-0.05, 0) is 44.5 Å². The molecule has 8 nitrogen and oxygen atoms in total. The third kappa shape index (κ3) is 4.60. The van der Waals surface area contributed by atoms with E-state index < -0.39 is 5.91 Å². The Morgan fingerprint density at radius 1 is 1.15 bits per heavy atom. The molecule has 0 unspecified atom stereocenters. The smallest absolute Gasteiger partial charge is 0.267 e. The number of fused-ring (bicyclic) bond motifs is 1. The van der Waals surface area contributed by atoms with Crippen LogP contribution in [0.1, 0.15) is 47.2 Å². The van der Waals surface area contributed by atoms with Gasteiger partial charge < -0.3 is 0 Å². The first kappa shape index (κ1) is 23.3. The van der Waals surface area contributed by atoms with Crippen LogP contribution in [0.25, 0.3) is 10.8 Å². The molecule has 174 valence electrons. The molecule has 0 radical (unpaired) electrons. The Bertz CT molecular complexity index is 1460. The molecule has 10 heteroatoms. The maximum absolute atomic E-state index is 13.1. The van der Waals surface area contributed by atoms with Crippen LogP contribution in [-0.4, -0.2) is 31.7 Å². The number of aromatic nitrogens is 4. The van der Waals surface area contributed by atoms with Gasteiger partial charge in [0.15, 0.2) is 5.69 Å². The Labute approximate surface area is 199 Å².